The van der Waals surface area contributed by atoms with E-state index < -0.39 is 11.9 Å². The summed E-state index contributed by atoms with van der Waals surface area (Å²) in [6.45, 7) is 5.58. The molecule has 41 heavy (non-hydrogen) atoms. The third-order valence-electron chi connectivity index (χ3n) is 7.36. The Morgan fingerprint density at radius 3 is 2.73 bits per heavy atom. The molecule has 0 aliphatic carbocycles. The molecule has 1 saturated heterocycles. The van der Waals surface area contributed by atoms with Crippen molar-refractivity contribution < 1.29 is 28.7 Å². The smallest absolute Gasteiger partial charge is 0.269 e. The summed E-state index contributed by atoms with van der Waals surface area (Å²) in [5, 5.41) is 5.27. The zero-order valence-electron chi connectivity index (χ0n) is 23.8. The number of hydrogen-bond acceptors (Lipinski definition) is 8. The normalized spacial score (nSPS) is 16.4. The minimum absolute atomic E-state index is 0.177. The first-order valence-corrected chi connectivity index (χ1v) is 14.3. The van der Waals surface area contributed by atoms with Gasteiger partial charge in [0.25, 0.3) is 11.8 Å². The van der Waals surface area contributed by atoms with Gasteiger partial charge < -0.3 is 24.6 Å². The van der Waals surface area contributed by atoms with Gasteiger partial charge in [-0.1, -0.05) is 18.9 Å². The summed E-state index contributed by atoms with van der Waals surface area (Å²) in [5.74, 6) is 0.366. The highest BCUT2D eigenvalue weighted by atomic mass is 16.5. The monoisotopic (exact) mass is 565 g/mol. The molecule has 2 aliphatic rings. The number of likely N-dealkylation sites (N-methyl/N-ethyl adjacent to an activating group) is 1. The van der Waals surface area contributed by atoms with E-state index in [2.05, 4.69) is 20.5 Å². The third-order valence-corrected chi connectivity index (χ3v) is 7.36. The van der Waals surface area contributed by atoms with Crippen LogP contribution in [-0.4, -0.2) is 79.5 Å². The van der Waals surface area contributed by atoms with Crippen molar-refractivity contribution >= 4 is 29.4 Å². The number of piperidine rings is 1. The molecule has 1 atom stereocenters. The van der Waals surface area contributed by atoms with Gasteiger partial charge in [-0.3, -0.25) is 24.5 Å². The Bertz CT molecular complexity index is 1250. The van der Waals surface area contributed by atoms with E-state index in [-0.39, 0.29) is 24.1 Å². The number of fused-ring (bicyclic) bond motifs is 1. The van der Waals surface area contributed by atoms with Crippen LogP contribution < -0.4 is 20.3 Å². The van der Waals surface area contributed by atoms with Gasteiger partial charge in [0.2, 0.25) is 11.8 Å². The molecule has 11 nitrogen and oxygen atoms in total. The highest BCUT2D eigenvalue weighted by molar-refractivity contribution is 6.05. The molecule has 1 aromatic carbocycles. The summed E-state index contributed by atoms with van der Waals surface area (Å²) in [7, 11) is 1.66. The number of anilines is 1. The van der Waals surface area contributed by atoms with Crippen LogP contribution in [0.4, 0.5) is 5.82 Å². The molecule has 3 heterocycles. The molecule has 0 saturated carbocycles. The zero-order chi connectivity index (χ0) is 29.2. The number of ether oxygens (including phenoxy) is 2. The first kappa shape index (κ1) is 30.0. The van der Waals surface area contributed by atoms with Crippen molar-refractivity contribution in [3.63, 3.8) is 0 Å². The van der Waals surface area contributed by atoms with E-state index in [1.807, 2.05) is 25.1 Å². The fourth-order valence-electron chi connectivity index (χ4n) is 5.07. The Hall–Kier alpha value is -3.99. The van der Waals surface area contributed by atoms with Crippen molar-refractivity contribution in [2.45, 2.75) is 58.0 Å². The third kappa shape index (κ3) is 7.81. The number of nitrogens with zero attached hydrogens (tertiary/aromatic N) is 3. The molecular weight excluding hydrogens is 526 g/mol. The first-order chi connectivity index (χ1) is 19.9. The summed E-state index contributed by atoms with van der Waals surface area (Å²) in [6.07, 6.45) is 4.21. The van der Waals surface area contributed by atoms with Crippen LogP contribution in [0.1, 0.15) is 71.9 Å². The van der Waals surface area contributed by atoms with Crippen LogP contribution in [0.25, 0.3) is 0 Å². The lowest BCUT2D eigenvalue weighted by molar-refractivity contribution is -0.136. The SMILES string of the molecule is CCN(CCOC)c1cccc(C(=O)NCCCCCCOc2ccc3c(c2)CN(C2CCC(=O)NC2=O)C3=O)n1. The Labute approximate surface area is 240 Å². The van der Waals surface area contributed by atoms with Gasteiger partial charge in [-0.25, -0.2) is 4.98 Å². The number of unbranched alkanes of at least 4 members (excludes halogenated alkanes) is 3. The molecule has 1 unspecified atom stereocenters. The number of benzene rings is 1. The number of rotatable bonds is 15. The summed E-state index contributed by atoms with van der Waals surface area (Å²) in [4.78, 5) is 57.2. The second-order valence-electron chi connectivity index (χ2n) is 10.2. The van der Waals surface area contributed by atoms with E-state index in [0.717, 1.165) is 43.6 Å². The van der Waals surface area contributed by atoms with Crippen LogP contribution in [-0.2, 0) is 20.9 Å². The van der Waals surface area contributed by atoms with Gasteiger partial charge in [0, 0.05) is 45.3 Å². The first-order valence-electron chi connectivity index (χ1n) is 14.3. The van der Waals surface area contributed by atoms with E-state index >= 15 is 0 Å². The molecule has 2 aliphatic heterocycles. The molecule has 11 heteroatoms. The minimum Gasteiger partial charge on any atom is -0.494 e. The fourth-order valence-corrected chi connectivity index (χ4v) is 5.07. The van der Waals surface area contributed by atoms with Crippen LogP contribution >= 0.6 is 0 Å². The lowest BCUT2D eigenvalue weighted by Crippen LogP contribution is -2.52. The molecule has 0 bridgehead atoms. The van der Waals surface area contributed by atoms with Gasteiger partial charge in [0.1, 0.15) is 23.3 Å². The van der Waals surface area contributed by atoms with Crippen molar-refractivity contribution in [2.75, 3.05) is 44.9 Å². The maximum atomic E-state index is 12.8. The van der Waals surface area contributed by atoms with Crippen molar-refractivity contribution in [1.29, 1.82) is 0 Å². The molecule has 2 N–H and O–H groups in total. The highest BCUT2D eigenvalue weighted by Gasteiger charge is 2.39. The molecule has 4 amide bonds. The quantitative estimate of drug-likeness (QED) is 0.249. The molecule has 0 spiro atoms. The minimum atomic E-state index is -0.624. The predicted molar refractivity (Wildman–Crippen MR) is 153 cm³/mol. The molecule has 1 aromatic heterocycles. The average Bonchev–Trinajstić information content (AvgIpc) is 3.30. The second-order valence-corrected chi connectivity index (χ2v) is 10.2. The van der Waals surface area contributed by atoms with Crippen molar-refractivity contribution in [2.24, 2.45) is 0 Å². The average molecular weight is 566 g/mol. The number of pyridine rings is 1. The zero-order valence-corrected chi connectivity index (χ0v) is 23.8. The molecule has 4 rings (SSSR count). The maximum Gasteiger partial charge on any atom is 0.269 e. The lowest BCUT2D eigenvalue weighted by Gasteiger charge is -2.29. The number of imide groups is 1. The van der Waals surface area contributed by atoms with Gasteiger partial charge in [-0.2, -0.15) is 0 Å². The Morgan fingerprint density at radius 2 is 1.95 bits per heavy atom. The Kier molecular flexibility index (Phi) is 10.7. The standard InChI is InChI=1S/C30H39N5O6/c1-3-34(16-18-40-2)26-10-8-9-24(32-26)28(37)31-15-6-4-5-7-17-41-22-11-12-23-21(19-22)20-35(30(23)39)25-13-14-27(36)33-29(25)38/h8-12,19,25H,3-7,13-18,20H2,1-2H3,(H,31,37)(H,33,36,38). The Morgan fingerprint density at radius 1 is 1.12 bits per heavy atom. The van der Waals surface area contributed by atoms with E-state index in [1.165, 1.54) is 4.90 Å². The number of aromatic nitrogens is 1. The number of hydrogen-bond donors (Lipinski definition) is 2. The molecule has 0 radical (unpaired) electrons. The molecule has 1 fully saturated rings. The Balaban J connectivity index is 1.13. The summed E-state index contributed by atoms with van der Waals surface area (Å²) in [6, 6.07) is 10.2. The van der Waals surface area contributed by atoms with Gasteiger partial charge in [0.15, 0.2) is 0 Å². The van der Waals surface area contributed by atoms with Crippen LogP contribution in [0.3, 0.4) is 0 Å². The van der Waals surface area contributed by atoms with Gasteiger partial charge in [-0.05, 0) is 62.1 Å². The van der Waals surface area contributed by atoms with Gasteiger partial charge in [-0.15, -0.1) is 0 Å². The van der Waals surface area contributed by atoms with E-state index in [1.54, 1.807) is 25.3 Å². The topological polar surface area (TPSA) is 130 Å². The molecule has 220 valence electrons. The largest absolute Gasteiger partial charge is 0.494 e. The number of methoxy groups -OCH3 is 1. The van der Waals surface area contributed by atoms with Crippen molar-refractivity contribution in [3.05, 3.63) is 53.2 Å². The highest BCUT2D eigenvalue weighted by Crippen LogP contribution is 2.30. The summed E-state index contributed by atoms with van der Waals surface area (Å²) >= 11 is 0. The number of nitrogens with one attached hydrogen (secondary N) is 2. The molecular formula is C30H39N5O6. The van der Waals surface area contributed by atoms with Crippen LogP contribution in [0.15, 0.2) is 36.4 Å². The van der Waals surface area contributed by atoms with Crippen molar-refractivity contribution in [1.82, 2.24) is 20.5 Å². The summed E-state index contributed by atoms with van der Waals surface area (Å²) in [5.41, 5.74) is 1.80. The lowest BCUT2D eigenvalue weighted by atomic mass is 10.0. The number of carbonyl (C=O) groups excluding carboxylic acids is 4. The van der Waals surface area contributed by atoms with E-state index in [9.17, 15) is 19.2 Å². The molecule has 2 aromatic rings. The summed E-state index contributed by atoms with van der Waals surface area (Å²) < 4.78 is 11.1. The van der Waals surface area contributed by atoms with E-state index in [0.29, 0.717) is 56.3 Å². The maximum absolute atomic E-state index is 12.8. The van der Waals surface area contributed by atoms with Gasteiger partial charge >= 0.3 is 0 Å². The predicted octanol–water partition coefficient (Wildman–Crippen LogP) is 2.68. The van der Waals surface area contributed by atoms with Crippen molar-refractivity contribution in [3.8, 4) is 5.75 Å². The fraction of sp³-hybridized carbons (Fsp3) is 0.500. The van der Waals surface area contributed by atoms with Crippen LogP contribution in [0.2, 0.25) is 0 Å². The van der Waals surface area contributed by atoms with Crippen LogP contribution in [0.5, 0.6) is 5.75 Å². The number of carbonyl (C=O) groups is 4. The second kappa shape index (κ2) is 14.6. The van der Waals surface area contributed by atoms with Crippen LogP contribution in [0, 0.1) is 0 Å². The number of amides is 4. The van der Waals surface area contributed by atoms with Gasteiger partial charge in [0.05, 0.1) is 13.2 Å². The van der Waals surface area contributed by atoms with E-state index in [4.69, 9.17) is 9.47 Å².